The summed E-state index contributed by atoms with van der Waals surface area (Å²) >= 11 is 0. The number of fused-ring (bicyclic) bond motifs is 1. The zero-order valence-corrected chi connectivity index (χ0v) is 13.0. The third kappa shape index (κ3) is 3.79. The summed E-state index contributed by atoms with van der Waals surface area (Å²) in [5.74, 6) is 6.19. The van der Waals surface area contributed by atoms with Crippen molar-refractivity contribution >= 4 is 10.9 Å². The molecule has 2 aromatic rings. The van der Waals surface area contributed by atoms with Crippen LogP contribution in [-0.2, 0) is 11.2 Å². The van der Waals surface area contributed by atoms with Gasteiger partial charge in [-0.05, 0) is 37.0 Å². The molecule has 2 unspecified atom stereocenters. The number of nitrogens with two attached hydrogens (primary N) is 1. The molecule has 0 amide bonds. The van der Waals surface area contributed by atoms with Gasteiger partial charge in [0.05, 0.1) is 17.7 Å². The average Bonchev–Trinajstić information content (AvgIpc) is 2.50. The van der Waals surface area contributed by atoms with E-state index in [4.69, 9.17) is 10.6 Å². The number of nitrogens with zero attached hydrogens (tertiary/aromatic N) is 1. The molecule has 0 bridgehead atoms. The van der Waals surface area contributed by atoms with Gasteiger partial charge in [-0.1, -0.05) is 32.0 Å². The molecule has 2 atom stereocenters. The van der Waals surface area contributed by atoms with Gasteiger partial charge in [0.2, 0.25) is 0 Å². The van der Waals surface area contributed by atoms with Crippen molar-refractivity contribution in [3.63, 3.8) is 0 Å². The minimum atomic E-state index is 0.0794. The highest BCUT2D eigenvalue weighted by atomic mass is 16.5. The average molecular weight is 287 g/mol. The summed E-state index contributed by atoms with van der Waals surface area (Å²) < 4.78 is 5.88. The number of hydrogen-bond donors (Lipinski definition) is 2. The minimum absolute atomic E-state index is 0.0794. The van der Waals surface area contributed by atoms with E-state index in [1.54, 1.807) is 0 Å². The summed E-state index contributed by atoms with van der Waals surface area (Å²) in [5.41, 5.74) is 5.20. The monoisotopic (exact) mass is 287 g/mol. The molecule has 0 aliphatic carbocycles. The molecule has 114 valence electrons. The van der Waals surface area contributed by atoms with Crippen molar-refractivity contribution in [3.05, 3.63) is 42.1 Å². The van der Waals surface area contributed by atoms with E-state index in [9.17, 15) is 0 Å². The smallest absolute Gasteiger partial charge is 0.0767 e. The lowest BCUT2D eigenvalue weighted by molar-refractivity contribution is 0.00362. The predicted molar refractivity (Wildman–Crippen MR) is 86.8 cm³/mol. The fourth-order valence-electron chi connectivity index (χ4n) is 2.81. The number of hydrogen-bond acceptors (Lipinski definition) is 4. The van der Waals surface area contributed by atoms with Gasteiger partial charge in [0, 0.05) is 18.2 Å². The molecule has 1 aromatic heterocycles. The molecule has 0 saturated carbocycles. The molecular formula is C17H25N3O. The van der Waals surface area contributed by atoms with Crippen LogP contribution in [0.1, 0.15) is 26.3 Å². The van der Waals surface area contributed by atoms with Crippen LogP contribution in [0.4, 0.5) is 0 Å². The van der Waals surface area contributed by atoms with E-state index in [2.05, 4.69) is 36.4 Å². The number of pyridine rings is 1. The first-order valence-electron chi connectivity index (χ1n) is 7.57. The van der Waals surface area contributed by atoms with Crippen molar-refractivity contribution in [3.8, 4) is 0 Å². The van der Waals surface area contributed by atoms with E-state index in [1.807, 2.05) is 31.3 Å². The number of hydrazine groups is 1. The lowest BCUT2D eigenvalue weighted by Gasteiger charge is -2.29. The standard InChI is InChI=1S/C17H25N3O/c1-4-21-17(12(2)3)16(20-18)11-13-9-10-19-15-8-6-5-7-14(13)15/h5-10,12,16-17,20H,4,11,18H2,1-3H3. The van der Waals surface area contributed by atoms with Crippen molar-refractivity contribution in [1.82, 2.24) is 10.4 Å². The Morgan fingerprint density at radius 1 is 1.24 bits per heavy atom. The van der Waals surface area contributed by atoms with Gasteiger partial charge in [0.1, 0.15) is 0 Å². The van der Waals surface area contributed by atoms with Crippen LogP contribution in [0.15, 0.2) is 36.5 Å². The molecule has 21 heavy (non-hydrogen) atoms. The second-order valence-corrected chi connectivity index (χ2v) is 5.63. The second-order valence-electron chi connectivity index (χ2n) is 5.63. The molecule has 0 aliphatic heterocycles. The lowest BCUT2D eigenvalue weighted by atomic mass is 9.93. The third-order valence-corrected chi connectivity index (χ3v) is 3.81. The number of rotatable bonds is 7. The number of aromatic nitrogens is 1. The molecule has 1 aromatic carbocycles. The van der Waals surface area contributed by atoms with Gasteiger partial charge >= 0.3 is 0 Å². The zero-order valence-electron chi connectivity index (χ0n) is 13.0. The predicted octanol–water partition coefficient (Wildman–Crippen LogP) is 2.67. The van der Waals surface area contributed by atoms with Gasteiger partial charge in [0.25, 0.3) is 0 Å². The van der Waals surface area contributed by atoms with E-state index < -0.39 is 0 Å². The van der Waals surface area contributed by atoms with E-state index in [1.165, 1.54) is 10.9 Å². The second kappa shape index (κ2) is 7.50. The van der Waals surface area contributed by atoms with Crippen LogP contribution in [0.2, 0.25) is 0 Å². The van der Waals surface area contributed by atoms with Crippen molar-refractivity contribution in [1.29, 1.82) is 0 Å². The Morgan fingerprint density at radius 3 is 2.67 bits per heavy atom. The molecular weight excluding hydrogens is 262 g/mol. The van der Waals surface area contributed by atoms with Crippen LogP contribution in [-0.4, -0.2) is 23.7 Å². The Hall–Kier alpha value is -1.49. The first-order chi connectivity index (χ1) is 10.2. The van der Waals surface area contributed by atoms with Crippen molar-refractivity contribution in [2.75, 3.05) is 6.61 Å². The van der Waals surface area contributed by atoms with Crippen molar-refractivity contribution in [2.24, 2.45) is 11.8 Å². The molecule has 0 aliphatic rings. The topological polar surface area (TPSA) is 60.2 Å². The maximum atomic E-state index is 5.88. The summed E-state index contributed by atoms with van der Waals surface area (Å²) in [6.45, 7) is 7.04. The van der Waals surface area contributed by atoms with Gasteiger partial charge in [-0.25, -0.2) is 0 Å². The minimum Gasteiger partial charge on any atom is -0.377 e. The number of ether oxygens (including phenoxy) is 1. The van der Waals surface area contributed by atoms with E-state index in [0.717, 1.165) is 11.9 Å². The first kappa shape index (κ1) is 15.9. The van der Waals surface area contributed by atoms with E-state index in [0.29, 0.717) is 12.5 Å². The van der Waals surface area contributed by atoms with Crippen molar-refractivity contribution in [2.45, 2.75) is 39.3 Å². The SMILES string of the molecule is CCOC(C(C)C)C(Cc1ccnc2ccccc12)NN. The van der Waals surface area contributed by atoms with Crippen molar-refractivity contribution < 1.29 is 4.74 Å². The van der Waals surface area contributed by atoms with Gasteiger partial charge < -0.3 is 4.74 Å². The number of nitrogens with one attached hydrogen (secondary N) is 1. The molecule has 0 spiro atoms. The third-order valence-electron chi connectivity index (χ3n) is 3.81. The Balaban J connectivity index is 2.27. The number of benzene rings is 1. The molecule has 0 fully saturated rings. The van der Waals surface area contributed by atoms with E-state index >= 15 is 0 Å². The lowest BCUT2D eigenvalue weighted by Crippen LogP contribution is -2.49. The Bertz CT molecular complexity index is 565. The molecule has 2 rings (SSSR count). The summed E-state index contributed by atoms with van der Waals surface area (Å²) in [7, 11) is 0. The van der Waals surface area contributed by atoms with Gasteiger partial charge in [-0.15, -0.1) is 0 Å². The fourth-order valence-corrected chi connectivity index (χ4v) is 2.81. The molecule has 0 saturated heterocycles. The normalized spacial score (nSPS) is 14.5. The largest absolute Gasteiger partial charge is 0.377 e. The van der Waals surface area contributed by atoms with Crippen LogP contribution in [0, 0.1) is 5.92 Å². The summed E-state index contributed by atoms with van der Waals surface area (Å²) in [6, 6.07) is 10.3. The highest BCUT2D eigenvalue weighted by Gasteiger charge is 2.24. The Morgan fingerprint density at radius 2 is 2.00 bits per heavy atom. The summed E-state index contributed by atoms with van der Waals surface area (Å²) in [5, 5.41) is 1.18. The highest BCUT2D eigenvalue weighted by Crippen LogP contribution is 2.21. The van der Waals surface area contributed by atoms with Gasteiger partial charge in [0.15, 0.2) is 0 Å². The molecule has 1 heterocycles. The molecule has 4 heteroatoms. The zero-order chi connectivity index (χ0) is 15.2. The fraction of sp³-hybridized carbons (Fsp3) is 0.471. The molecule has 4 nitrogen and oxygen atoms in total. The summed E-state index contributed by atoms with van der Waals surface area (Å²) in [4.78, 5) is 4.41. The van der Waals surface area contributed by atoms with Crippen LogP contribution in [0.5, 0.6) is 0 Å². The van der Waals surface area contributed by atoms with Gasteiger partial charge in [-0.3, -0.25) is 16.3 Å². The van der Waals surface area contributed by atoms with Gasteiger partial charge in [-0.2, -0.15) is 0 Å². The Labute approximate surface area is 126 Å². The number of para-hydroxylation sites is 1. The quantitative estimate of drug-likeness (QED) is 0.607. The summed E-state index contributed by atoms with van der Waals surface area (Å²) in [6.07, 6.45) is 2.77. The van der Waals surface area contributed by atoms with Crippen LogP contribution < -0.4 is 11.3 Å². The van der Waals surface area contributed by atoms with E-state index in [-0.39, 0.29) is 12.1 Å². The maximum Gasteiger partial charge on any atom is 0.0767 e. The highest BCUT2D eigenvalue weighted by molar-refractivity contribution is 5.81. The van der Waals surface area contributed by atoms with Crippen LogP contribution in [0.3, 0.4) is 0 Å². The Kier molecular flexibility index (Phi) is 5.67. The molecule has 0 radical (unpaired) electrons. The molecule has 3 N–H and O–H groups in total. The van der Waals surface area contributed by atoms with Crippen LogP contribution in [0.25, 0.3) is 10.9 Å². The maximum absolute atomic E-state index is 5.88. The van der Waals surface area contributed by atoms with Crippen LogP contribution >= 0.6 is 0 Å². The first-order valence-corrected chi connectivity index (χ1v) is 7.57.